The standard InChI is InChI=1S/C25H31N7OS/c1-15-14-28-10-4-12-32(15)24-29-11-7-18(30-24)21-16-5-2-8-25(22(16)31-33-21)9-3-6-19-20(25)17(13-26)23(27)34-19/h7,11,15,19-20,28H,2-6,8-10,12,14,27H2,1H3/t15-,19?,20?,25-/m0/s1. The molecule has 8 nitrogen and oxygen atoms in total. The SMILES string of the molecule is C[C@H]1CNCCCN1c1nccc(-c2onc3c2CCC[C@@]32CCCC3SC(N)=C(C#N)C32)n1. The van der Waals surface area contributed by atoms with Gasteiger partial charge >= 0.3 is 0 Å². The quantitative estimate of drug-likeness (QED) is 0.670. The molecule has 2 aromatic rings. The first-order valence-corrected chi connectivity index (χ1v) is 13.4. The highest BCUT2D eigenvalue weighted by Gasteiger charge is 2.55. The molecular weight excluding hydrogens is 446 g/mol. The van der Waals surface area contributed by atoms with Crippen molar-refractivity contribution in [3.8, 4) is 17.5 Å². The molecule has 0 amide bonds. The topological polar surface area (TPSA) is 117 Å². The van der Waals surface area contributed by atoms with E-state index < -0.39 is 0 Å². The van der Waals surface area contributed by atoms with Gasteiger partial charge in [0.15, 0.2) is 5.76 Å². The summed E-state index contributed by atoms with van der Waals surface area (Å²) in [6, 6.07) is 4.71. The molecule has 2 aliphatic carbocycles. The van der Waals surface area contributed by atoms with Gasteiger partial charge in [0, 0.05) is 47.5 Å². The smallest absolute Gasteiger partial charge is 0.226 e. The normalized spacial score (nSPS) is 31.2. The fourth-order valence-corrected chi connectivity index (χ4v) is 8.14. The van der Waals surface area contributed by atoms with Crippen LogP contribution >= 0.6 is 11.8 Å². The van der Waals surface area contributed by atoms with E-state index in [2.05, 4.69) is 28.2 Å². The first-order valence-electron chi connectivity index (χ1n) is 12.5. The summed E-state index contributed by atoms with van der Waals surface area (Å²) < 4.78 is 6.06. The molecule has 2 aromatic heterocycles. The van der Waals surface area contributed by atoms with E-state index in [1.165, 1.54) is 0 Å². The van der Waals surface area contributed by atoms with E-state index in [0.717, 1.165) is 98.8 Å². The van der Waals surface area contributed by atoms with Crippen LogP contribution in [0.3, 0.4) is 0 Å². The van der Waals surface area contributed by atoms with Crippen LogP contribution in [-0.4, -0.2) is 46.1 Å². The zero-order valence-electron chi connectivity index (χ0n) is 19.6. The number of aromatic nitrogens is 3. The maximum Gasteiger partial charge on any atom is 0.226 e. The Morgan fingerprint density at radius 1 is 1.32 bits per heavy atom. The van der Waals surface area contributed by atoms with E-state index in [1.54, 1.807) is 11.8 Å². The van der Waals surface area contributed by atoms with Crippen LogP contribution in [0.25, 0.3) is 11.5 Å². The van der Waals surface area contributed by atoms with Crippen molar-refractivity contribution in [2.24, 2.45) is 11.7 Å². The molecule has 0 radical (unpaired) electrons. The third-order valence-corrected chi connectivity index (χ3v) is 9.50. The minimum atomic E-state index is -0.168. The molecule has 2 aliphatic heterocycles. The average molecular weight is 478 g/mol. The second kappa shape index (κ2) is 8.58. The average Bonchev–Trinajstić information content (AvgIpc) is 3.36. The highest BCUT2D eigenvalue weighted by molar-refractivity contribution is 8.03. The number of hydrogen-bond acceptors (Lipinski definition) is 9. The predicted molar refractivity (Wildman–Crippen MR) is 132 cm³/mol. The summed E-state index contributed by atoms with van der Waals surface area (Å²) in [5, 5.41) is 19.2. The van der Waals surface area contributed by atoms with E-state index in [4.69, 9.17) is 20.4 Å². The maximum atomic E-state index is 9.95. The van der Waals surface area contributed by atoms with Crippen LogP contribution in [0.15, 0.2) is 27.4 Å². The lowest BCUT2D eigenvalue weighted by Crippen LogP contribution is -2.46. The second-order valence-electron chi connectivity index (χ2n) is 10.1. The molecule has 0 aromatic carbocycles. The maximum absolute atomic E-state index is 9.95. The number of nitrogens with one attached hydrogen (secondary N) is 1. The summed E-state index contributed by atoms with van der Waals surface area (Å²) in [5.41, 5.74) is 9.91. The van der Waals surface area contributed by atoms with Crippen molar-refractivity contribution in [3.05, 3.63) is 34.1 Å². The largest absolute Gasteiger partial charge is 0.393 e. The van der Waals surface area contributed by atoms with E-state index in [9.17, 15) is 5.26 Å². The van der Waals surface area contributed by atoms with Crippen LogP contribution in [0.1, 0.15) is 56.7 Å². The van der Waals surface area contributed by atoms with E-state index in [0.29, 0.717) is 16.3 Å². The van der Waals surface area contributed by atoms with Gasteiger partial charge in [0.25, 0.3) is 0 Å². The van der Waals surface area contributed by atoms with Gasteiger partial charge in [-0.25, -0.2) is 9.97 Å². The third-order valence-electron chi connectivity index (χ3n) is 8.22. The third kappa shape index (κ3) is 3.34. The Kier molecular flexibility index (Phi) is 5.53. The minimum Gasteiger partial charge on any atom is -0.393 e. The number of fused-ring (bicyclic) bond motifs is 4. The molecule has 4 heterocycles. The first kappa shape index (κ1) is 21.9. The molecule has 4 atom stereocenters. The molecule has 1 saturated carbocycles. The lowest BCUT2D eigenvalue weighted by molar-refractivity contribution is 0.187. The number of nitrogens with two attached hydrogens (primary N) is 1. The Balaban J connectivity index is 1.40. The molecule has 2 unspecified atom stereocenters. The predicted octanol–water partition coefficient (Wildman–Crippen LogP) is 3.50. The molecule has 4 aliphatic rings. The van der Waals surface area contributed by atoms with Crippen molar-refractivity contribution < 1.29 is 4.52 Å². The van der Waals surface area contributed by atoms with Gasteiger partial charge < -0.3 is 20.5 Å². The van der Waals surface area contributed by atoms with Crippen molar-refractivity contribution in [3.63, 3.8) is 0 Å². The Morgan fingerprint density at radius 3 is 3.09 bits per heavy atom. The number of rotatable bonds is 2. The lowest BCUT2D eigenvalue weighted by atomic mass is 9.57. The number of hydrogen-bond donors (Lipinski definition) is 2. The zero-order valence-corrected chi connectivity index (χ0v) is 20.4. The number of allylic oxidation sites excluding steroid dienone is 1. The zero-order chi connectivity index (χ0) is 23.3. The van der Waals surface area contributed by atoms with Crippen LogP contribution in [0.5, 0.6) is 0 Å². The van der Waals surface area contributed by atoms with Crippen LogP contribution < -0.4 is 16.0 Å². The first-order chi connectivity index (χ1) is 16.6. The highest BCUT2D eigenvalue weighted by atomic mass is 32.2. The molecule has 0 bridgehead atoms. The monoisotopic (exact) mass is 477 g/mol. The highest BCUT2D eigenvalue weighted by Crippen LogP contribution is 2.60. The molecule has 3 N–H and O–H groups in total. The van der Waals surface area contributed by atoms with E-state index in [1.807, 2.05) is 12.3 Å². The van der Waals surface area contributed by atoms with Gasteiger partial charge in [-0.2, -0.15) is 5.26 Å². The summed E-state index contributed by atoms with van der Waals surface area (Å²) in [5.74, 6) is 1.64. The molecule has 6 rings (SSSR count). The van der Waals surface area contributed by atoms with Gasteiger partial charge in [-0.1, -0.05) is 11.6 Å². The summed E-state index contributed by atoms with van der Waals surface area (Å²) in [6.45, 7) is 5.08. The van der Waals surface area contributed by atoms with Gasteiger partial charge in [0.1, 0.15) is 5.69 Å². The lowest BCUT2D eigenvalue weighted by Gasteiger charge is -2.46. The Morgan fingerprint density at radius 2 is 2.21 bits per heavy atom. The van der Waals surface area contributed by atoms with Crippen LogP contribution in [0.2, 0.25) is 0 Å². The van der Waals surface area contributed by atoms with E-state index in [-0.39, 0.29) is 11.3 Å². The summed E-state index contributed by atoms with van der Waals surface area (Å²) in [7, 11) is 0. The minimum absolute atomic E-state index is 0.125. The molecule has 9 heteroatoms. The summed E-state index contributed by atoms with van der Waals surface area (Å²) in [4.78, 5) is 11.8. The number of nitrogens with zero attached hydrogens (tertiary/aromatic N) is 5. The molecule has 178 valence electrons. The molecule has 1 saturated heterocycles. The number of nitriles is 1. The van der Waals surface area contributed by atoms with Crippen LogP contribution in [0, 0.1) is 17.2 Å². The molecule has 34 heavy (non-hydrogen) atoms. The summed E-state index contributed by atoms with van der Waals surface area (Å²) >= 11 is 1.69. The van der Waals surface area contributed by atoms with Crippen molar-refractivity contribution in [2.75, 3.05) is 24.5 Å². The number of anilines is 1. The summed E-state index contributed by atoms with van der Waals surface area (Å²) in [6.07, 6.45) is 9.15. The van der Waals surface area contributed by atoms with Gasteiger partial charge in [0.2, 0.25) is 5.95 Å². The van der Waals surface area contributed by atoms with Crippen molar-refractivity contribution >= 4 is 17.7 Å². The van der Waals surface area contributed by atoms with Crippen LogP contribution in [0.4, 0.5) is 5.95 Å². The Labute approximate surface area is 204 Å². The van der Waals surface area contributed by atoms with Gasteiger partial charge in [-0.3, -0.25) is 0 Å². The fourth-order valence-electron chi connectivity index (χ4n) is 6.70. The van der Waals surface area contributed by atoms with Crippen molar-refractivity contribution in [1.29, 1.82) is 5.26 Å². The van der Waals surface area contributed by atoms with Crippen molar-refractivity contribution in [2.45, 2.75) is 68.6 Å². The Bertz CT molecular complexity index is 1170. The van der Waals surface area contributed by atoms with E-state index >= 15 is 0 Å². The molecule has 1 spiro atoms. The van der Waals surface area contributed by atoms with Crippen LogP contribution in [-0.2, 0) is 11.8 Å². The number of thioether (sulfide) groups is 1. The van der Waals surface area contributed by atoms with Crippen molar-refractivity contribution in [1.82, 2.24) is 20.4 Å². The Hall–Kier alpha value is -2.57. The fraction of sp³-hybridized carbons (Fsp3) is 0.600. The van der Waals surface area contributed by atoms with Gasteiger partial charge in [-0.15, -0.1) is 11.8 Å². The van der Waals surface area contributed by atoms with Gasteiger partial charge in [-0.05, 0) is 58.1 Å². The second-order valence-corrected chi connectivity index (χ2v) is 11.4. The molecule has 2 fully saturated rings. The van der Waals surface area contributed by atoms with Gasteiger partial charge in [0.05, 0.1) is 22.4 Å². The molecular formula is C25H31N7OS.